The van der Waals surface area contributed by atoms with Crippen molar-refractivity contribution < 1.29 is 4.74 Å². The van der Waals surface area contributed by atoms with Gasteiger partial charge >= 0.3 is 0 Å². The van der Waals surface area contributed by atoms with E-state index >= 15 is 0 Å². The molecule has 1 saturated heterocycles. The number of fused-ring (bicyclic) bond motifs is 3. The lowest BCUT2D eigenvalue weighted by molar-refractivity contribution is -0.0934. The van der Waals surface area contributed by atoms with Crippen LogP contribution in [-0.2, 0) is 11.2 Å². The summed E-state index contributed by atoms with van der Waals surface area (Å²) in [6, 6.07) is 7.36. The third kappa shape index (κ3) is 3.28. The summed E-state index contributed by atoms with van der Waals surface area (Å²) in [4.78, 5) is 0. The molecule has 0 aromatic heterocycles. The predicted octanol–water partition coefficient (Wildman–Crippen LogP) is 4.23. The van der Waals surface area contributed by atoms with E-state index in [1.54, 1.807) is 0 Å². The lowest BCUT2D eigenvalue weighted by Gasteiger charge is -2.47. The monoisotopic (exact) mass is 338 g/mol. The minimum Gasteiger partial charge on any atom is -0.381 e. The Kier molecular flexibility index (Phi) is 4.96. The Bertz CT molecular complexity index is 666. The fraction of sp³-hybridized carbons (Fsp3) is 0.545. The molecule has 1 aliphatic carbocycles. The van der Waals surface area contributed by atoms with E-state index in [1.165, 1.54) is 23.2 Å². The standard InChI is InChI=1S/C22H30N2O/c1-3-15-9-12-20-19(13-15)22-18(11-10-17(25-22)14-23-2)21(24-20)16-7-5-4-6-8-16/h4-7,9,12-13,16-18,21-24H,3,8,10-11,14H2,1-2H3/t16?,17-,18+,21+,22+/m1/s1. The van der Waals surface area contributed by atoms with Crippen molar-refractivity contribution in [1.29, 1.82) is 0 Å². The number of likely N-dealkylation sites (N-methyl/N-ethyl adjacent to an activating group) is 1. The van der Waals surface area contributed by atoms with Crippen molar-refractivity contribution >= 4 is 5.69 Å². The zero-order valence-corrected chi connectivity index (χ0v) is 15.4. The molecule has 0 spiro atoms. The van der Waals surface area contributed by atoms with Crippen molar-refractivity contribution in [2.24, 2.45) is 11.8 Å². The first-order valence-electron chi connectivity index (χ1n) is 9.83. The smallest absolute Gasteiger partial charge is 0.0897 e. The fourth-order valence-electron chi connectivity index (χ4n) is 4.73. The second-order valence-corrected chi connectivity index (χ2v) is 7.64. The largest absolute Gasteiger partial charge is 0.381 e. The molecule has 4 rings (SSSR count). The first-order valence-corrected chi connectivity index (χ1v) is 9.83. The van der Waals surface area contributed by atoms with Gasteiger partial charge < -0.3 is 15.4 Å². The minimum absolute atomic E-state index is 0.221. The van der Waals surface area contributed by atoms with E-state index < -0.39 is 0 Å². The molecule has 134 valence electrons. The molecular formula is C22H30N2O. The van der Waals surface area contributed by atoms with Crippen LogP contribution < -0.4 is 10.6 Å². The minimum atomic E-state index is 0.221. The molecule has 1 fully saturated rings. The molecule has 1 unspecified atom stereocenters. The fourth-order valence-corrected chi connectivity index (χ4v) is 4.73. The molecule has 0 amide bonds. The maximum absolute atomic E-state index is 6.63. The molecular weight excluding hydrogens is 308 g/mol. The van der Waals surface area contributed by atoms with Gasteiger partial charge in [-0.2, -0.15) is 0 Å². The van der Waals surface area contributed by atoms with Gasteiger partial charge in [-0.15, -0.1) is 0 Å². The molecule has 3 nitrogen and oxygen atoms in total. The van der Waals surface area contributed by atoms with Gasteiger partial charge in [0.25, 0.3) is 0 Å². The number of hydrogen-bond donors (Lipinski definition) is 2. The summed E-state index contributed by atoms with van der Waals surface area (Å²) in [6.45, 7) is 3.17. The molecule has 0 saturated carbocycles. The highest BCUT2D eigenvalue weighted by molar-refractivity contribution is 5.57. The van der Waals surface area contributed by atoms with Crippen LogP contribution in [0.3, 0.4) is 0 Å². The highest BCUT2D eigenvalue weighted by Crippen LogP contribution is 2.48. The first-order chi connectivity index (χ1) is 12.3. The van der Waals surface area contributed by atoms with Gasteiger partial charge in [0.05, 0.1) is 12.2 Å². The summed E-state index contributed by atoms with van der Waals surface area (Å²) in [5, 5.41) is 7.18. The molecule has 3 aliphatic rings. The van der Waals surface area contributed by atoms with Gasteiger partial charge in [0.2, 0.25) is 0 Å². The quantitative estimate of drug-likeness (QED) is 0.862. The zero-order valence-electron chi connectivity index (χ0n) is 15.4. The van der Waals surface area contributed by atoms with Crippen molar-refractivity contribution in [3.63, 3.8) is 0 Å². The highest BCUT2D eigenvalue weighted by atomic mass is 16.5. The Morgan fingerprint density at radius 1 is 1.24 bits per heavy atom. The van der Waals surface area contributed by atoms with Crippen LogP contribution in [0.5, 0.6) is 0 Å². The second kappa shape index (κ2) is 7.35. The summed E-state index contributed by atoms with van der Waals surface area (Å²) in [6.07, 6.45) is 14.2. The van der Waals surface area contributed by atoms with Gasteiger partial charge in [-0.05, 0) is 44.4 Å². The van der Waals surface area contributed by atoms with Crippen LogP contribution in [0.1, 0.15) is 43.4 Å². The maximum Gasteiger partial charge on any atom is 0.0897 e. The van der Waals surface area contributed by atoms with Gasteiger partial charge in [-0.25, -0.2) is 0 Å². The van der Waals surface area contributed by atoms with Gasteiger partial charge in [0.15, 0.2) is 0 Å². The number of ether oxygens (including phenoxy) is 1. The SMILES string of the molecule is CCc1ccc2c(c1)[C@H]1O[C@@H](CNC)CC[C@H]1[C@H](C1C=CC=CC1)N2. The molecule has 0 radical (unpaired) electrons. The van der Waals surface area contributed by atoms with Crippen molar-refractivity contribution in [2.45, 2.75) is 50.9 Å². The van der Waals surface area contributed by atoms with Crippen LogP contribution in [0.25, 0.3) is 0 Å². The number of aryl methyl sites for hydroxylation is 1. The molecule has 2 heterocycles. The van der Waals surface area contributed by atoms with Gasteiger partial charge in [0.1, 0.15) is 0 Å². The Labute approximate surface area is 151 Å². The van der Waals surface area contributed by atoms with Crippen LogP contribution in [0.2, 0.25) is 0 Å². The van der Waals surface area contributed by atoms with Crippen LogP contribution in [0.15, 0.2) is 42.5 Å². The van der Waals surface area contributed by atoms with E-state index in [2.05, 4.69) is 60.1 Å². The number of allylic oxidation sites excluding steroid dienone is 3. The average Bonchev–Trinajstić information content (AvgIpc) is 2.68. The molecule has 1 aromatic carbocycles. The number of benzene rings is 1. The van der Waals surface area contributed by atoms with E-state index in [-0.39, 0.29) is 6.10 Å². The predicted molar refractivity (Wildman–Crippen MR) is 104 cm³/mol. The van der Waals surface area contributed by atoms with Gasteiger partial charge in [-0.1, -0.05) is 43.4 Å². The van der Waals surface area contributed by atoms with Crippen LogP contribution >= 0.6 is 0 Å². The number of anilines is 1. The zero-order chi connectivity index (χ0) is 17.2. The Morgan fingerprint density at radius 2 is 2.16 bits per heavy atom. The summed E-state index contributed by atoms with van der Waals surface area (Å²) in [5.41, 5.74) is 4.05. The van der Waals surface area contributed by atoms with Crippen LogP contribution in [0, 0.1) is 11.8 Å². The van der Waals surface area contributed by atoms with Crippen LogP contribution in [0.4, 0.5) is 5.69 Å². The first kappa shape index (κ1) is 16.9. The Morgan fingerprint density at radius 3 is 2.92 bits per heavy atom. The van der Waals surface area contributed by atoms with Gasteiger partial charge in [-0.3, -0.25) is 0 Å². The number of rotatable bonds is 4. The molecule has 3 heteroatoms. The lowest BCUT2D eigenvalue weighted by Crippen LogP contribution is -2.48. The molecule has 2 N–H and O–H groups in total. The Hall–Kier alpha value is -1.58. The highest BCUT2D eigenvalue weighted by Gasteiger charge is 2.43. The van der Waals surface area contributed by atoms with Crippen LogP contribution in [-0.4, -0.2) is 25.7 Å². The Balaban J connectivity index is 1.67. The molecule has 5 atom stereocenters. The topological polar surface area (TPSA) is 33.3 Å². The average molecular weight is 338 g/mol. The third-order valence-electron chi connectivity index (χ3n) is 6.07. The van der Waals surface area contributed by atoms with E-state index in [9.17, 15) is 0 Å². The van der Waals surface area contributed by atoms with E-state index in [4.69, 9.17) is 4.74 Å². The summed E-state index contributed by atoms with van der Waals surface area (Å²) in [7, 11) is 2.02. The van der Waals surface area contributed by atoms with E-state index in [0.29, 0.717) is 24.0 Å². The number of hydrogen-bond acceptors (Lipinski definition) is 3. The molecule has 1 aromatic rings. The third-order valence-corrected chi connectivity index (χ3v) is 6.07. The summed E-state index contributed by atoms with van der Waals surface area (Å²) in [5.74, 6) is 1.11. The van der Waals surface area contributed by atoms with E-state index in [0.717, 1.165) is 25.8 Å². The van der Waals surface area contributed by atoms with Crippen molar-refractivity contribution in [1.82, 2.24) is 5.32 Å². The van der Waals surface area contributed by atoms with Crippen molar-refractivity contribution in [3.8, 4) is 0 Å². The molecule has 25 heavy (non-hydrogen) atoms. The summed E-state index contributed by atoms with van der Waals surface area (Å²) >= 11 is 0. The molecule has 2 aliphatic heterocycles. The molecule has 0 bridgehead atoms. The second-order valence-electron chi connectivity index (χ2n) is 7.64. The lowest BCUT2D eigenvalue weighted by atomic mass is 9.73. The normalized spacial score (nSPS) is 33.4. The van der Waals surface area contributed by atoms with Crippen molar-refractivity contribution in [3.05, 3.63) is 53.6 Å². The summed E-state index contributed by atoms with van der Waals surface area (Å²) < 4.78 is 6.63. The van der Waals surface area contributed by atoms with Gasteiger partial charge in [0, 0.05) is 35.7 Å². The van der Waals surface area contributed by atoms with E-state index in [1.807, 2.05) is 7.05 Å². The maximum atomic E-state index is 6.63. The number of nitrogens with one attached hydrogen (secondary N) is 2. The van der Waals surface area contributed by atoms with Crippen molar-refractivity contribution in [2.75, 3.05) is 18.9 Å².